The molecule has 110 valence electrons. The molecule has 21 heavy (non-hydrogen) atoms. The topological polar surface area (TPSA) is 62.2 Å². The van der Waals surface area contributed by atoms with Crippen molar-refractivity contribution in [2.24, 2.45) is 0 Å². The normalized spacial score (nSPS) is 10.9. The van der Waals surface area contributed by atoms with E-state index in [0.29, 0.717) is 10.7 Å². The number of hydrogen-bond donors (Lipinski definition) is 2. The third-order valence-corrected chi connectivity index (χ3v) is 4.25. The second kappa shape index (κ2) is 6.39. The predicted octanol–water partition coefficient (Wildman–Crippen LogP) is 3.10. The lowest BCUT2D eigenvalue weighted by Crippen LogP contribution is -2.13. The molecule has 4 nitrogen and oxygen atoms in total. The van der Waals surface area contributed by atoms with Gasteiger partial charge in [0.15, 0.2) is 5.13 Å². The van der Waals surface area contributed by atoms with Crippen molar-refractivity contribution in [2.45, 2.75) is 26.2 Å². The maximum absolute atomic E-state index is 12.1. The summed E-state index contributed by atoms with van der Waals surface area (Å²) in [6, 6.07) is 1.71. The van der Waals surface area contributed by atoms with E-state index in [1.807, 2.05) is 5.38 Å². The molecule has 0 aliphatic rings. The quantitative estimate of drug-likeness (QED) is 0.836. The average Bonchev–Trinajstić information content (AvgIpc) is 3.04. The molecule has 0 bridgehead atoms. The average molecular weight is 320 g/mol. The van der Waals surface area contributed by atoms with Gasteiger partial charge in [-0.05, 0) is 6.07 Å². The van der Waals surface area contributed by atoms with Crippen LogP contribution in [0.1, 0.15) is 41.7 Å². The number of aliphatic hydroxyl groups is 1. The molecule has 0 fully saturated rings. The van der Waals surface area contributed by atoms with E-state index in [4.69, 9.17) is 5.11 Å². The number of anilines is 1. The minimum Gasteiger partial charge on any atom is -0.384 e. The van der Waals surface area contributed by atoms with E-state index in [1.165, 1.54) is 22.7 Å². The lowest BCUT2D eigenvalue weighted by molar-refractivity contribution is 0.102. The number of hydrogen-bond acceptors (Lipinski definition) is 5. The van der Waals surface area contributed by atoms with Gasteiger partial charge in [0.05, 0.1) is 16.1 Å². The Balaban J connectivity index is 2.08. The van der Waals surface area contributed by atoms with Gasteiger partial charge in [-0.25, -0.2) is 4.98 Å². The van der Waals surface area contributed by atoms with Crippen molar-refractivity contribution in [2.75, 3.05) is 11.9 Å². The van der Waals surface area contributed by atoms with Gasteiger partial charge in [-0.15, -0.1) is 22.7 Å². The first-order valence-electron chi connectivity index (χ1n) is 6.36. The molecule has 2 aromatic heterocycles. The lowest BCUT2D eigenvalue weighted by Gasteiger charge is -2.14. The summed E-state index contributed by atoms with van der Waals surface area (Å²) in [4.78, 5) is 17.3. The number of rotatable bonds is 2. The SMILES string of the molecule is CC(C)(C)c1csc(NC(=O)c2csc(C#CCO)c2)n1. The number of thiazole rings is 1. The van der Waals surface area contributed by atoms with E-state index in [1.54, 1.807) is 11.4 Å². The first-order chi connectivity index (χ1) is 9.90. The van der Waals surface area contributed by atoms with Crippen LogP contribution in [0.4, 0.5) is 5.13 Å². The summed E-state index contributed by atoms with van der Waals surface area (Å²) < 4.78 is 0. The van der Waals surface area contributed by atoms with Gasteiger partial charge in [0.25, 0.3) is 5.91 Å². The minimum atomic E-state index is -0.196. The van der Waals surface area contributed by atoms with Crippen LogP contribution in [0.15, 0.2) is 16.8 Å². The molecular formula is C15H16N2O2S2. The molecule has 2 aromatic rings. The van der Waals surface area contributed by atoms with E-state index in [2.05, 4.69) is 42.9 Å². The molecule has 0 atom stereocenters. The monoisotopic (exact) mass is 320 g/mol. The van der Waals surface area contributed by atoms with Gasteiger partial charge in [0.2, 0.25) is 0 Å². The number of carbonyl (C=O) groups excluding carboxylic acids is 1. The number of aromatic nitrogens is 1. The zero-order valence-corrected chi connectivity index (χ0v) is 13.7. The Kier molecular flexibility index (Phi) is 4.78. The Morgan fingerprint density at radius 2 is 2.14 bits per heavy atom. The summed E-state index contributed by atoms with van der Waals surface area (Å²) in [6.45, 7) is 6.06. The van der Waals surface area contributed by atoms with E-state index < -0.39 is 0 Å². The summed E-state index contributed by atoms with van der Waals surface area (Å²) in [7, 11) is 0. The van der Waals surface area contributed by atoms with Gasteiger partial charge >= 0.3 is 0 Å². The summed E-state index contributed by atoms with van der Waals surface area (Å²) >= 11 is 2.79. The molecular weight excluding hydrogens is 304 g/mol. The number of aliphatic hydroxyl groups excluding tert-OH is 1. The Labute approximate surface area is 131 Å². The van der Waals surface area contributed by atoms with Crippen LogP contribution in [0.5, 0.6) is 0 Å². The highest BCUT2D eigenvalue weighted by Crippen LogP contribution is 2.26. The van der Waals surface area contributed by atoms with E-state index >= 15 is 0 Å². The van der Waals surface area contributed by atoms with Gasteiger partial charge in [0, 0.05) is 16.2 Å². The van der Waals surface area contributed by atoms with E-state index in [-0.39, 0.29) is 17.9 Å². The van der Waals surface area contributed by atoms with Gasteiger partial charge < -0.3 is 5.11 Å². The molecule has 0 aliphatic carbocycles. The highest BCUT2D eigenvalue weighted by atomic mass is 32.1. The van der Waals surface area contributed by atoms with Crippen LogP contribution in [0.25, 0.3) is 0 Å². The first-order valence-corrected chi connectivity index (χ1v) is 8.11. The van der Waals surface area contributed by atoms with Crippen molar-refractivity contribution < 1.29 is 9.90 Å². The molecule has 2 N–H and O–H groups in total. The Hall–Kier alpha value is -1.68. The van der Waals surface area contributed by atoms with Crippen molar-refractivity contribution in [1.82, 2.24) is 4.98 Å². The summed E-state index contributed by atoms with van der Waals surface area (Å²) in [5.41, 5.74) is 1.48. The summed E-state index contributed by atoms with van der Waals surface area (Å²) in [5, 5.41) is 15.8. The fraction of sp³-hybridized carbons (Fsp3) is 0.333. The van der Waals surface area contributed by atoms with Gasteiger partial charge in [0.1, 0.15) is 6.61 Å². The molecule has 0 aromatic carbocycles. The molecule has 6 heteroatoms. The van der Waals surface area contributed by atoms with Crippen molar-refractivity contribution >= 4 is 33.7 Å². The van der Waals surface area contributed by atoms with Crippen LogP contribution in [0.3, 0.4) is 0 Å². The van der Waals surface area contributed by atoms with Crippen LogP contribution >= 0.6 is 22.7 Å². The summed E-state index contributed by atoms with van der Waals surface area (Å²) in [5.74, 6) is 5.15. The molecule has 0 aliphatic heterocycles. The number of amides is 1. The third-order valence-electron chi connectivity index (χ3n) is 2.65. The van der Waals surface area contributed by atoms with Crippen molar-refractivity contribution in [1.29, 1.82) is 0 Å². The van der Waals surface area contributed by atoms with Crippen molar-refractivity contribution in [3.63, 3.8) is 0 Å². The molecule has 0 saturated heterocycles. The maximum atomic E-state index is 12.1. The molecule has 0 saturated carbocycles. The largest absolute Gasteiger partial charge is 0.384 e. The van der Waals surface area contributed by atoms with Crippen LogP contribution in [0, 0.1) is 11.8 Å². The Morgan fingerprint density at radius 1 is 1.38 bits per heavy atom. The maximum Gasteiger partial charge on any atom is 0.258 e. The van der Waals surface area contributed by atoms with Gasteiger partial charge in [-0.2, -0.15) is 0 Å². The number of nitrogens with one attached hydrogen (secondary N) is 1. The molecule has 2 heterocycles. The van der Waals surface area contributed by atoms with Gasteiger partial charge in [-0.3, -0.25) is 10.1 Å². The van der Waals surface area contributed by atoms with Crippen LogP contribution in [-0.2, 0) is 5.41 Å². The summed E-state index contributed by atoms with van der Waals surface area (Å²) in [6.07, 6.45) is 0. The highest BCUT2D eigenvalue weighted by Gasteiger charge is 2.18. The smallest absolute Gasteiger partial charge is 0.258 e. The predicted molar refractivity (Wildman–Crippen MR) is 87.1 cm³/mol. The fourth-order valence-corrected chi connectivity index (χ4v) is 3.18. The minimum absolute atomic E-state index is 0.0328. The molecule has 1 amide bonds. The second-order valence-electron chi connectivity index (χ2n) is 5.40. The van der Waals surface area contributed by atoms with Crippen molar-refractivity contribution in [3.05, 3.63) is 33.0 Å². The number of nitrogens with zero attached hydrogens (tertiary/aromatic N) is 1. The van der Waals surface area contributed by atoms with Crippen molar-refractivity contribution in [3.8, 4) is 11.8 Å². The molecule has 2 rings (SSSR count). The van der Waals surface area contributed by atoms with Crippen LogP contribution < -0.4 is 5.32 Å². The fourth-order valence-electron chi connectivity index (χ4n) is 1.49. The Bertz CT molecular complexity index is 699. The zero-order valence-electron chi connectivity index (χ0n) is 12.1. The van der Waals surface area contributed by atoms with Gasteiger partial charge in [-0.1, -0.05) is 32.6 Å². The van der Waals surface area contributed by atoms with E-state index in [0.717, 1.165) is 10.6 Å². The molecule has 0 unspecified atom stereocenters. The number of carbonyl (C=O) groups is 1. The van der Waals surface area contributed by atoms with E-state index in [9.17, 15) is 4.79 Å². The third kappa shape index (κ3) is 4.14. The lowest BCUT2D eigenvalue weighted by atomic mass is 9.93. The highest BCUT2D eigenvalue weighted by molar-refractivity contribution is 7.14. The standard InChI is InChI=1S/C15H16N2O2S2/c1-15(2,3)12-9-21-14(16-12)17-13(19)10-7-11(20-8-10)5-4-6-18/h7-9,18H,6H2,1-3H3,(H,16,17,19). The number of thiophene rings is 1. The van der Waals surface area contributed by atoms with Crippen LogP contribution in [-0.4, -0.2) is 22.6 Å². The van der Waals surface area contributed by atoms with Crippen LogP contribution in [0.2, 0.25) is 0 Å². The first kappa shape index (κ1) is 15.7. The zero-order chi connectivity index (χ0) is 15.5. The molecule has 0 spiro atoms. The second-order valence-corrected chi connectivity index (χ2v) is 7.17. The Morgan fingerprint density at radius 3 is 2.76 bits per heavy atom. The molecule has 0 radical (unpaired) electrons.